The van der Waals surface area contributed by atoms with Crippen molar-refractivity contribution in [2.45, 2.75) is 31.7 Å². The van der Waals surface area contributed by atoms with E-state index in [1.54, 1.807) is 35.1 Å². The van der Waals surface area contributed by atoms with E-state index in [0.717, 1.165) is 18.4 Å². The van der Waals surface area contributed by atoms with Gasteiger partial charge in [-0.25, -0.2) is 4.79 Å². The molecular formula is C16H15N3O2. The molecule has 1 aromatic heterocycles. The minimum Gasteiger partial charge on any atom is -0.478 e. The molecule has 0 amide bonds. The number of aromatic carboxylic acids is 1. The maximum Gasteiger partial charge on any atom is 0.339 e. The van der Waals surface area contributed by atoms with Crippen molar-refractivity contribution in [2.75, 3.05) is 0 Å². The molecule has 0 unspecified atom stereocenters. The van der Waals surface area contributed by atoms with E-state index in [1.165, 1.54) is 12.8 Å². The molecule has 1 saturated carbocycles. The molecule has 1 aromatic carbocycles. The Hall–Kier alpha value is -2.61. The maximum atomic E-state index is 11.4. The molecule has 1 aliphatic carbocycles. The normalized spacial score (nSPS) is 15.0. The van der Waals surface area contributed by atoms with Gasteiger partial charge in [0.05, 0.1) is 17.7 Å². The summed E-state index contributed by atoms with van der Waals surface area (Å²) in [6.07, 6.45) is 6.06. The first kappa shape index (κ1) is 13.4. The van der Waals surface area contributed by atoms with E-state index in [-0.39, 0.29) is 5.56 Å². The Morgan fingerprint density at radius 3 is 2.52 bits per heavy atom. The number of nitrogens with zero attached hydrogens (tertiary/aromatic N) is 3. The molecule has 106 valence electrons. The van der Waals surface area contributed by atoms with Crippen molar-refractivity contribution in [1.82, 2.24) is 9.78 Å². The second-order valence-electron chi connectivity index (χ2n) is 5.30. The van der Waals surface area contributed by atoms with Crippen LogP contribution in [0.1, 0.15) is 47.6 Å². The van der Waals surface area contributed by atoms with E-state index in [1.807, 2.05) is 0 Å². The van der Waals surface area contributed by atoms with Crippen LogP contribution in [-0.2, 0) is 0 Å². The molecule has 21 heavy (non-hydrogen) atoms. The van der Waals surface area contributed by atoms with Crippen molar-refractivity contribution in [3.63, 3.8) is 0 Å². The number of carboxylic acid groups (broad SMARTS) is 1. The third kappa shape index (κ3) is 2.52. The Morgan fingerprint density at radius 1 is 1.29 bits per heavy atom. The lowest BCUT2D eigenvalue weighted by atomic mass is 10.1. The Balaban J connectivity index is 2.03. The average molecular weight is 281 g/mol. The van der Waals surface area contributed by atoms with Crippen molar-refractivity contribution >= 4 is 5.97 Å². The number of hydrogen-bond donors (Lipinski definition) is 1. The minimum absolute atomic E-state index is 0.214. The van der Waals surface area contributed by atoms with E-state index in [9.17, 15) is 9.90 Å². The lowest BCUT2D eigenvalue weighted by Crippen LogP contribution is -2.05. The van der Waals surface area contributed by atoms with Crippen LogP contribution in [0.4, 0.5) is 0 Å². The highest BCUT2D eigenvalue weighted by atomic mass is 16.4. The Kier molecular flexibility index (Phi) is 3.44. The molecule has 5 heteroatoms. The van der Waals surface area contributed by atoms with Gasteiger partial charge >= 0.3 is 5.97 Å². The SMILES string of the molecule is N#Cc1ccc(-c2nn(C3CCCC3)cc2C(=O)O)cc1. The van der Waals surface area contributed by atoms with Crippen LogP contribution in [-0.4, -0.2) is 20.9 Å². The Morgan fingerprint density at radius 2 is 1.95 bits per heavy atom. The number of carboxylic acids is 1. The van der Waals surface area contributed by atoms with Crippen molar-refractivity contribution in [2.24, 2.45) is 0 Å². The third-order valence-electron chi connectivity index (χ3n) is 3.95. The summed E-state index contributed by atoms with van der Waals surface area (Å²) in [5.41, 5.74) is 1.96. The van der Waals surface area contributed by atoms with Crippen LogP contribution in [0.5, 0.6) is 0 Å². The van der Waals surface area contributed by atoms with E-state index < -0.39 is 5.97 Å². The zero-order valence-corrected chi connectivity index (χ0v) is 11.5. The Bertz CT molecular complexity index is 704. The average Bonchev–Trinajstić information content (AvgIpc) is 3.16. The molecule has 0 bridgehead atoms. The molecular weight excluding hydrogens is 266 g/mol. The summed E-state index contributed by atoms with van der Waals surface area (Å²) >= 11 is 0. The molecule has 2 aromatic rings. The number of benzene rings is 1. The molecule has 0 radical (unpaired) electrons. The molecule has 1 aliphatic rings. The van der Waals surface area contributed by atoms with Crippen LogP contribution in [0.3, 0.4) is 0 Å². The van der Waals surface area contributed by atoms with E-state index >= 15 is 0 Å². The lowest BCUT2D eigenvalue weighted by molar-refractivity contribution is 0.0697. The molecule has 1 N–H and O–H groups in total. The van der Waals surface area contributed by atoms with Crippen molar-refractivity contribution in [3.8, 4) is 17.3 Å². The number of aromatic nitrogens is 2. The van der Waals surface area contributed by atoms with Crippen LogP contribution in [0.2, 0.25) is 0 Å². The molecule has 1 heterocycles. The highest BCUT2D eigenvalue weighted by molar-refractivity contribution is 5.94. The van der Waals surface area contributed by atoms with Gasteiger partial charge in [0.2, 0.25) is 0 Å². The summed E-state index contributed by atoms with van der Waals surface area (Å²) in [5, 5.41) is 22.7. The maximum absolute atomic E-state index is 11.4. The number of carbonyl (C=O) groups is 1. The predicted octanol–water partition coefficient (Wildman–Crippen LogP) is 3.24. The second kappa shape index (κ2) is 5.41. The monoisotopic (exact) mass is 281 g/mol. The van der Waals surface area contributed by atoms with Gasteiger partial charge in [-0.2, -0.15) is 10.4 Å². The highest BCUT2D eigenvalue weighted by Crippen LogP contribution is 2.31. The van der Waals surface area contributed by atoms with Crippen molar-refractivity contribution in [1.29, 1.82) is 5.26 Å². The molecule has 0 saturated heterocycles. The molecule has 1 fully saturated rings. The lowest BCUT2D eigenvalue weighted by Gasteiger charge is -2.08. The van der Waals surface area contributed by atoms with Gasteiger partial charge in [-0.1, -0.05) is 25.0 Å². The fourth-order valence-electron chi connectivity index (χ4n) is 2.82. The first-order valence-corrected chi connectivity index (χ1v) is 7.02. The number of nitriles is 1. The van der Waals surface area contributed by atoms with Gasteiger partial charge < -0.3 is 5.11 Å². The molecule has 3 rings (SSSR count). The van der Waals surface area contributed by atoms with Gasteiger partial charge in [0, 0.05) is 11.8 Å². The fourth-order valence-corrected chi connectivity index (χ4v) is 2.82. The third-order valence-corrected chi connectivity index (χ3v) is 3.95. The largest absolute Gasteiger partial charge is 0.478 e. The van der Waals surface area contributed by atoms with E-state index in [0.29, 0.717) is 17.3 Å². The highest BCUT2D eigenvalue weighted by Gasteiger charge is 2.23. The number of rotatable bonds is 3. The van der Waals surface area contributed by atoms with Gasteiger partial charge in [0.1, 0.15) is 11.3 Å². The summed E-state index contributed by atoms with van der Waals surface area (Å²) in [5.74, 6) is -0.974. The topological polar surface area (TPSA) is 78.9 Å². The molecule has 0 atom stereocenters. The standard InChI is InChI=1S/C16H15N3O2/c17-9-11-5-7-12(8-6-11)15-14(16(20)21)10-19(18-15)13-3-1-2-4-13/h5-8,10,13H,1-4H2,(H,20,21). The Labute approximate surface area is 122 Å². The van der Waals surface area contributed by atoms with Gasteiger partial charge in [0.25, 0.3) is 0 Å². The minimum atomic E-state index is -0.974. The van der Waals surface area contributed by atoms with Gasteiger partial charge in [0.15, 0.2) is 0 Å². The van der Waals surface area contributed by atoms with Gasteiger partial charge in [-0.15, -0.1) is 0 Å². The van der Waals surface area contributed by atoms with Crippen molar-refractivity contribution < 1.29 is 9.90 Å². The van der Waals surface area contributed by atoms with Gasteiger partial charge in [-0.05, 0) is 25.0 Å². The number of hydrogen-bond acceptors (Lipinski definition) is 3. The van der Waals surface area contributed by atoms with E-state index in [4.69, 9.17) is 5.26 Å². The smallest absolute Gasteiger partial charge is 0.339 e. The van der Waals surface area contributed by atoms with Crippen LogP contribution in [0, 0.1) is 11.3 Å². The first-order chi connectivity index (χ1) is 10.2. The molecule has 0 aliphatic heterocycles. The van der Waals surface area contributed by atoms with Crippen LogP contribution in [0.25, 0.3) is 11.3 Å². The zero-order valence-electron chi connectivity index (χ0n) is 11.5. The summed E-state index contributed by atoms with van der Waals surface area (Å²) in [4.78, 5) is 11.4. The summed E-state index contributed by atoms with van der Waals surface area (Å²) < 4.78 is 1.80. The zero-order chi connectivity index (χ0) is 14.8. The van der Waals surface area contributed by atoms with Gasteiger partial charge in [-0.3, -0.25) is 4.68 Å². The molecule has 5 nitrogen and oxygen atoms in total. The van der Waals surface area contributed by atoms with Crippen LogP contribution >= 0.6 is 0 Å². The predicted molar refractivity (Wildman–Crippen MR) is 76.8 cm³/mol. The summed E-state index contributed by atoms with van der Waals surface area (Å²) in [6.45, 7) is 0. The first-order valence-electron chi connectivity index (χ1n) is 7.02. The fraction of sp³-hybridized carbons (Fsp3) is 0.312. The summed E-state index contributed by atoms with van der Waals surface area (Å²) in [7, 11) is 0. The second-order valence-corrected chi connectivity index (χ2v) is 5.30. The van der Waals surface area contributed by atoms with Crippen LogP contribution < -0.4 is 0 Å². The summed E-state index contributed by atoms with van der Waals surface area (Å²) in [6, 6.07) is 9.19. The molecule has 0 spiro atoms. The van der Waals surface area contributed by atoms with Crippen molar-refractivity contribution in [3.05, 3.63) is 41.6 Å². The van der Waals surface area contributed by atoms with Crippen LogP contribution in [0.15, 0.2) is 30.5 Å². The van der Waals surface area contributed by atoms with E-state index in [2.05, 4.69) is 11.2 Å². The quantitative estimate of drug-likeness (QED) is 0.936.